The lowest BCUT2D eigenvalue weighted by atomic mass is 9.95. The Bertz CT molecular complexity index is 1210. The molecule has 4 rings (SSSR count). The monoisotopic (exact) mass is 454 g/mol. The molecule has 0 aromatic heterocycles. The first-order chi connectivity index (χ1) is 14.7. The fourth-order valence-electron chi connectivity index (χ4n) is 3.68. The lowest BCUT2D eigenvalue weighted by Gasteiger charge is -2.16. The molecule has 1 fully saturated rings. The highest BCUT2D eigenvalue weighted by Crippen LogP contribution is 2.49. The highest BCUT2D eigenvalue weighted by Gasteiger charge is 2.51. The van der Waals surface area contributed by atoms with Gasteiger partial charge in [-0.3, -0.25) is 9.52 Å². The van der Waals surface area contributed by atoms with Gasteiger partial charge in [0.1, 0.15) is 0 Å². The summed E-state index contributed by atoms with van der Waals surface area (Å²) in [5.74, 6) is -0.0981. The molecule has 0 heterocycles. The van der Waals surface area contributed by atoms with Crippen molar-refractivity contribution >= 4 is 38.9 Å². The fourth-order valence-corrected chi connectivity index (χ4v) is 5.01. The summed E-state index contributed by atoms with van der Waals surface area (Å²) >= 11 is 5.96. The largest absolute Gasteiger partial charge is 0.325 e. The SMILES string of the molecule is Cc1cccc(C)c1NS(=O)(=O)c1ccc(NC(=O)C2(c3ccc(Cl)cc3)CC2)cc1. The van der Waals surface area contributed by atoms with Gasteiger partial charge in [-0.25, -0.2) is 8.42 Å². The van der Waals surface area contributed by atoms with Gasteiger partial charge >= 0.3 is 0 Å². The van der Waals surface area contributed by atoms with Crippen LogP contribution in [0.25, 0.3) is 0 Å². The quantitative estimate of drug-likeness (QED) is 0.521. The predicted molar refractivity (Wildman–Crippen MR) is 124 cm³/mol. The van der Waals surface area contributed by atoms with Crippen molar-refractivity contribution in [2.24, 2.45) is 0 Å². The topological polar surface area (TPSA) is 75.3 Å². The molecular formula is C24H23ClN2O3S. The van der Waals surface area contributed by atoms with Crippen LogP contribution in [0.3, 0.4) is 0 Å². The maximum Gasteiger partial charge on any atom is 0.261 e. The average molecular weight is 455 g/mol. The van der Waals surface area contributed by atoms with E-state index in [1.54, 1.807) is 24.3 Å². The maximum absolute atomic E-state index is 12.9. The van der Waals surface area contributed by atoms with Crippen molar-refractivity contribution in [1.29, 1.82) is 0 Å². The first-order valence-electron chi connectivity index (χ1n) is 9.98. The van der Waals surface area contributed by atoms with Crippen molar-refractivity contribution in [2.45, 2.75) is 37.0 Å². The molecule has 5 nitrogen and oxygen atoms in total. The number of rotatable bonds is 6. The molecule has 160 valence electrons. The van der Waals surface area contributed by atoms with E-state index >= 15 is 0 Å². The third-order valence-corrected chi connectivity index (χ3v) is 7.34. The highest BCUT2D eigenvalue weighted by molar-refractivity contribution is 7.92. The lowest BCUT2D eigenvalue weighted by Crippen LogP contribution is -2.27. The van der Waals surface area contributed by atoms with E-state index in [2.05, 4.69) is 10.0 Å². The predicted octanol–water partition coefficient (Wildman–Crippen LogP) is 5.43. The standard InChI is InChI=1S/C24H23ClN2O3S/c1-16-4-3-5-17(2)22(16)27-31(29,30)21-12-10-20(11-13-21)26-23(28)24(14-15-24)18-6-8-19(25)9-7-18/h3-13,27H,14-15H2,1-2H3,(H,26,28). The molecule has 3 aromatic rings. The molecule has 1 amide bonds. The van der Waals surface area contributed by atoms with Crippen LogP contribution in [-0.4, -0.2) is 14.3 Å². The Kier molecular flexibility index (Phi) is 5.54. The van der Waals surface area contributed by atoms with Gasteiger partial charge in [0, 0.05) is 10.7 Å². The Hall–Kier alpha value is -2.83. The van der Waals surface area contributed by atoms with Crippen LogP contribution >= 0.6 is 11.6 Å². The number of aryl methyl sites for hydroxylation is 2. The van der Waals surface area contributed by atoms with E-state index in [-0.39, 0.29) is 10.8 Å². The second-order valence-electron chi connectivity index (χ2n) is 7.94. The zero-order valence-electron chi connectivity index (χ0n) is 17.3. The van der Waals surface area contributed by atoms with Crippen LogP contribution in [0, 0.1) is 13.8 Å². The van der Waals surface area contributed by atoms with Gasteiger partial charge in [0.15, 0.2) is 0 Å². The number of hydrogen-bond donors (Lipinski definition) is 2. The molecule has 1 saturated carbocycles. The summed E-state index contributed by atoms with van der Waals surface area (Å²) in [5, 5.41) is 3.55. The molecule has 0 aliphatic heterocycles. The second-order valence-corrected chi connectivity index (χ2v) is 10.1. The summed E-state index contributed by atoms with van der Waals surface area (Å²) in [5.41, 5.74) is 3.23. The third-order valence-electron chi connectivity index (χ3n) is 5.72. The van der Waals surface area contributed by atoms with Crippen LogP contribution < -0.4 is 10.0 Å². The molecule has 2 N–H and O–H groups in total. The van der Waals surface area contributed by atoms with Crippen molar-refractivity contribution in [1.82, 2.24) is 0 Å². The number of hydrogen-bond acceptors (Lipinski definition) is 3. The summed E-state index contributed by atoms with van der Waals surface area (Å²) in [6.45, 7) is 3.72. The van der Waals surface area contributed by atoms with Crippen molar-refractivity contribution < 1.29 is 13.2 Å². The Labute approximate surface area is 187 Å². The summed E-state index contributed by atoms with van der Waals surface area (Å²) in [7, 11) is -3.74. The van der Waals surface area contributed by atoms with Crippen LogP contribution in [0.4, 0.5) is 11.4 Å². The normalized spacial score (nSPS) is 14.7. The number of para-hydroxylation sites is 1. The van der Waals surface area contributed by atoms with Crippen molar-refractivity contribution in [3.8, 4) is 0 Å². The highest BCUT2D eigenvalue weighted by atomic mass is 35.5. The number of sulfonamides is 1. The molecule has 1 aliphatic rings. The van der Waals surface area contributed by atoms with Gasteiger partial charge in [0.25, 0.3) is 10.0 Å². The van der Waals surface area contributed by atoms with Crippen LogP contribution in [0.2, 0.25) is 5.02 Å². The minimum absolute atomic E-state index is 0.0981. The zero-order valence-corrected chi connectivity index (χ0v) is 18.8. The van der Waals surface area contributed by atoms with Crippen LogP contribution in [-0.2, 0) is 20.2 Å². The van der Waals surface area contributed by atoms with Crippen LogP contribution in [0.5, 0.6) is 0 Å². The zero-order chi connectivity index (χ0) is 22.2. The van der Waals surface area contributed by atoms with Crippen molar-refractivity contribution in [2.75, 3.05) is 10.0 Å². The first kappa shape index (κ1) is 21.4. The van der Waals surface area contributed by atoms with Gasteiger partial charge in [-0.15, -0.1) is 0 Å². The van der Waals surface area contributed by atoms with E-state index < -0.39 is 15.4 Å². The van der Waals surface area contributed by atoms with E-state index in [1.165, 1.54) is 12.1 Å². The van der Waals surface area contributed by atoms with E-state index in [0.717, 1.165) is 29.5 Å². The molecule has 0 bridgehead atoms. The van der Waals surface area contributed by atoms with Gasteiger partial charge in [0.2, 0.25) is 5.91 Å². The lowest BCUT2D eigenvalue weighted by molar-refractivity contribution is -0.118. The Morgan fingerprint density at radius 1 is 0.903 bits per heavy atom. The molecule has 3 aromatic carbocycles. The summed E-state index contributed by atoms with van der Waals surface area (Å²) in [6.07, 6.45) is 1.54. The Morgan fingerprint density at radius 2 is 1.48 bits per heavy atom. The van der Waals surface area contributed by atoms with E-state index in [1.807, 2.05) is 44.2 Å². The Balaban J connectivity index is 1.49. The van der Waals surface area contributed by atoms with Crippen LogP contribution in [0.1, 0.15) is 29.5 Å². The maximum atomic E-state index is 12.9. The number of nitrogens with one attached hydrogen (secondary N) is 2. The molecular weight excluding hydrogens is 432 g/mol. The van der Waals surface area contributed by atoms with Gasteiger partial charge in [-0.05, 0) is 79.8 Å². The molecule has 0 atom stereocenters. The summed E-state index contributed by atoms with van der Waals surface area (Å²) in [4.78, 5) is 13.0. The molecule has 0 spiro atoms. The molecule has 0 unspecified atom stereocenters. The van der Waals surface area contributed by atoms with E-state index in [0.29, 0.717) is 16.4 Å². The minimum atomic E-state index is -3.74. The molecule has 7 heteroatoms. The number of anilines is 2. The smallest absolute Gasteiger partial charge is 0.261 e. The van der Waals surface area contributed by atoms with Crippen molar-refractivity contribution in [3.63, 3.8) is 0 Å². The number of carbonyl (C=O) groups is 1. The number of carbonyl (C=O) groups excluding carboxylic acids is 1. The van der Waals surface area contributed by atoms with E-state index in [9.17, 15) is 13.2 Å². The van der Waals surface area contributed by atoms with Crippen LogP contribution in [0.15, 0.2) is 71.6 Å². The number of amides is 1. The Morgan fingerprint density at radius 3 is 2.03 bits per heavy atom. The third kappa shape index (κ3) is 4.31. The first-order valence-corrected chi connectivity index (χ1v) is 11.8. The van der Waals surface area contributed by atoms with E-state index in [4.69, 9.17) is 11.6 Å². The summed E-state index contributed by atoms with van der Waals surface area (Å²) < 4.78 is 28.3. The molecule has 1 aliphatic carbocycles. The summed E-state index contributed by atoms with van der Waals surface area (Å²) in [6, 6.07) is 19.1. The fraction of sp³-hybridized carbons (Fsp3) is 0.208. The molecule has 31 heavy (non-hydrogen) atoms. The average Bonchev–Trinajstić information content (AvgIpc) is 3.54. The molecule has 0 radical (unpaired) electrons. The van der Waals surface area contributed by atoms with Gasteiger partial charge in [-0.1, -0.05) is 41.9 Å². The second kappa shape index (κ2) is 8.02. The van der Waals surface area contributed by atoms with Gasteiger partial charge < -0.3 is 5.32 Å². The van der Waals surface area contributed by atoms with Gasteiger partial charge in [-0.2, -0.15) is 0 Å². The number of halogens is 1. The van der Waals surface area contributed by atoms with Crippen molar-refractivity contribution in [3.05, 3.63) is 88.4 Å². The number of benzene rings is 3. The molecule has 0 saturated heterocycles. The van der Waals surface area contributed by atoms with Gasteiger partial charge in [0.05, 0.1) is 16.0 Å². The minimum Gasteiger partial charge on any atom is -0.325 e.